The van der Waals surface area contributed by atoms with Crippen molar-refractivity contribution in [1.29, 1.82) is 0 Å². The molecule has 0 fully saturated rings. The topological polar surface area (TPSA) is 52.0 Å². The van der Waals surface area contributed by atoms with Gasteiger partial charge in [0.2, 0.25) is 0 Å². The Morgan fingerprint density at radius 1 is 1.26 bits per heavy atom. The first kappa shape index (κ1) is 14.2. The molecule has 0 amide bonds. The molecule has 2 heterocycles. The molecule has 4 nitrogen and oxygen atoms in total. The molecule has 0 atom stereocenters. The molecule has 3 aromatic rings. The maximum Gasteiger partial charge on any atom is 0.261 e. The lowest BCUT2D eigenvalue weighted by atomic mass is 10.0. The predicted octanol–water partition coefficient (Wildman–Crippen LogP) is 3.59. The molecule has 2 aromatic carbocycles. The van der Waals surface area contributed by atoms with Gasteiger partial charge >= 0.3 is 0 Å². The van der Waals surface area contributed by atoms with Gasteiger partial charge in [-0.1, -0.05) is 17.7 Å². The van der Waals surface area contributed by atoms with Crippen molar-refractivity contribution >= 4 is 28.3 Å². The quantitative estimate of drug-likeness (QED) is 0.503. The van der Waals surface area contributed by atoms with Crippen LogP contribution in [0.1, 0.15) is 28.4 Å². The van der Waals surface area contributed by atoms with E-state index in [1.807, 2.05) is 25.1 Å². The summed E-state index contributed by atoms with van der Waals surface area (Å²) in [7, 11) is 0. The molecule has 0 saturated carbocycles. The van der Waals surface area contributed by atoms with Crippen LogP contribution in [0.4, 0.5) is 0 Å². The third kappa shape index (κ3) is 2.02. The fourth-order valence-electron chi connectivity index (χ4n) is 3.16. The summed E-state index contributed by atoms with van der Waals surface area (Å²) in [5.41, 5.74) is 3.56. The second-order valence-corrected chi connectivity index (χ2v) is 6.33. The fourth-order valence-corrected chi connectivity index (χ4v) is 3.33. The van der Waals surface area contributed by atoms with E-state index in [1.165, 1.54) is 6.92 Å². The number of rotatable bonds is 1. The normalized spacial score (nSPS) is 12.3. The third-order valence-corrected chi connectivity index (χ3v) is 4.46. The summed E-state index contributed by atoms with van der Waals surface area (Å²) < 4.78 is 1.65. The molecule has 0 N–H and O–H groups in total. The van der Waals surface area contributed by atoms with Gasteiger partial charge in [0.15, 0.2) is 5.78 Å². The van der Waals surface area contributed by atoms with Gasteiger partial charge in [-0.2, -0.15) is 0 Å². The van der Waals surface area contributed by atoms with Gasteiger partial charge in [-0.05, 0) is 49.2 Å². The molecule has 0 bridgehead atoms. The largest absolute Gasteiger partial charge is 0.294 e. The molecule has 0 saturated heterocycles. The SMILES string of the molecule is CC(=O)c1cc(C)cc2c(=O)n3c(nc12)-c1cc(Cl)ccc1C3. The Bertz CT molecular complexity index is 1070. The number of fused-ring (bicyclic) bond motifs is 4. The third-order valence-electron chi connectivity index (χ3n) is 4.22. The van der Waals surface area contributed by atoms with Crippen molar-refractivity contribution in [1.82, 2.24) is 9.55 Å². The van der Waals surface area contributed by atoms with Gasteiger partial charge in [-0.15, -0.1) is 0 Å². The van der Waals surface area contributed by atoms with E-state index in [1.54, 1.807) is 16.7 Å². The summed E-state index contributed by atoms with van der Waals surface area (Å²) in [6, 6.07) is 9.10. The van der Waals surface area contributed by atoms with E-state index in [-0.39, 0.29) is 11.3 Å². The average molecular weight is 325 g/mol. The summed E-state index contributed by atoms with van der Waals surface area (Å²) in [5.74, 6) is 0.478. The molecule has 0 radical (unpaired) electrons. The van der Waals surface area contributed by atoms with Gasteiger partial charge in [0, 0.05) is 16.1 Å². The van der Waals surface area contributed by atoms with Gasteiger partial charge in [-0.25, -0.2) is 4.98 Å². The van der Waals surface area contributed by atoms with Crippen molar-refractivity contribution in [2.24, 2.45) is 0 Å². The molecule has 114 valence electrons. The van der Waals surface area contributed by atoms with E-state index < -0.39 is 0 Å². The van der Waals surface area contributed by atoms with Crippen molar-refractivity contribution in [2.45, 2.75) is 20.4 Å². The molecule has 23 heavy (non-hydrogen) atoms. The number of benzene rings is 2. The molecule has 0 aliphatic carbocycles. The van der Waals surface area contributed by atoms with Gasteiger partial charge in [-0.3, -0.25) is 14.2 Å². The maximum absolute atomic E-state index is 12.9. The first-order valence-electron chi connectivity index (χ1n) is 7.30. The second kappa shape index (κ2) is 4.77. The van der Waals surface area contributed by atoms with E-state index in [0.29, 0.717) is 33.9 Å². The van der Waals surface area contributed by atoms with E-state index >= 15 is 0 Å². The average Bonchev–Trinajstić information content (AvgIpc) is 2.86. The predicted molar refractivity (Wildman–Crippen MR) is 90.3 cm³/mol. The number of carbonyl (C=O) groups is 1. The van der Waals surface area contributed by atoms with Crippen LogP contribution in [-0.2, 0) is 6.54 Å². The van der Waals surface area contributed by atoms with Gasteiger partial charge in [0.25, 0.3) is 5.56 Å². The lowest BCUT2D eigenvalue weighted by Crippen LogP contribution is -2.21. The summed E-state index contributed by atoms with van der Waals surface area (Å²) >= 11 is 6.08. The van der Waals surface area contributed by atoms with Crippen LogP contribution >= 0.6 is 11.6 Å². The number of ketones is 1. The summed E-state index contributed by atoms with van der Waals surface area (Å²) in [6.45, 7) is 3.84. The number of aryl methyl sites for hydroxylation is 1. The smallest absolute Gasteiger partial charge is 0.261 e. The standard InChI is InChI=1S/C18H13ClN2O2/c1-9-5-13(10(2)22)16-15(6-9)18(23)21-8-11-3-4-12(19)7-14(11)17(21)20-16/h3-7H,8H2,1-2H3. The van der Waals surface area contributed by atoms with Gasteiger partial charge in [0.1, 0.15) is 5.82 Å². The highest BCUT2D eigenvalue weighted by atomic mass is 35.5. The van der Waals surface area contributed by atoms with Crippen molar-refractivity contribution in [3.63, 3.8) is 0 Å². The van der Waals surface area contributed by atoms with Gasteiger partial charge in [0.05, 0.1) is 17.4 Å². The molecule has 1 aliphatic rings. The molecular formula is C18H13ClN2O2. The Labute approximate surface area is 137 Å². The van der Waals surface area contributed by atoms with Crippen LogP contribution in [0, 0.1) is 6.92 Å². The van der Waals surface area contributed by atoms with E-state index in [9.17, 15) is 9.59 Å². The highest BCUT2D eigenvalue weighted by Gasteiger charge is 2.24. The minimum Gasteiger partial charge on any atom is -0.294 e. The molecule has 4 rings (SSSR count). The Hall–Kier alpha value is -2.46. The van der Waals surface area contributed by atoms with E-state index in [0.717, 1.165) is 16.7 Å². The Morgan fingerprint density at radius 2 is 2.04 bits per heavy atom. The Morgan fingerprint density at radius 3 is 2.78 bits per heavy atom. The zero-order valence-corrected chi connectivity index (χ0v) is 13.4. The number of hydrogen-bond acceptors (Lipinski definition) is 3. The van der Waals surface area contributed by atoms with Crippen LogP contribution in [0.25, 0.3) is 22.3 Å². The lowest BCUT2D eigenvalue weighted by Gasteiger charge is -2.09. The number of hydrogen-bond donors (Lipinski definition) is 0. The minimum absolute atomic E-state index is 0.0973. The number of Topliss-reactive ketones (excluding diaryl/α,β-unsaturated/α-hetero) is 1. The highest BCUT2D eigenvalue weighted by Crippen LogP contribution is 2.32. The van der Waals surface area contributed by atoms with Crippen LogP contribution in [0.15, 0.2) is 35.1 Å². The number of carbonyl (C=O) groups excluding carboxylic acids is 1. The Kier molecular flexibility index (Phi) is 2.93. The van der Waals surface area contributed by atoms with E-state index in [2.05, 4.69) is 4.98 Å². The second-order valence-electron chi connectivity index (χ2n) is 5.89. The minimum atomic E-state index is -0.122. The zero-order valence-electron chi connectivity index (χ0n) is 12.7. The van der Waals surface area contributed by atoms with E-state index in [4.69, 9.17) is 11.6 Å². The first-order chi connectivity index (χ1) is 11.0. The zero-order chi connectivity index (χ0) is 16.3. The van der Waals surface area contributed by atoms with Crippen LogP contribution in [0.5, 0.6) is 0 Å². The fraction of sp³-hybridized carbons (Fsp3) is 0.167. The Balaban J connectivity index is 2.15. The van der Waals surface area contributed by atoms with Crippen LogP contribution in [0.2, 0.25) is 5.02 Å². The summed E-state index contributed by atoms with van der Waals surface area (Å²) in [6.07, 6.45) is 0. The van der Waals surface area contributed by atoms with Gasteiger partial charge < -0.3 is 0 Å². The van der Waals surface area contributed by atoms with Crippen LogP contribution in [0.3, 0.4) is 0 Å². The number of halogens is 1. The number of aromatic nitrogens is 2. The summed E-state index contributed by atoms with van der Waals surface area (Å²) in [5, 5.41) is 1.08. The van der Waals surface area contributed by atoms with Crippen molar-refractivity contribution in [2.75, 3.05) is 0 Å². The monoisotopic (exact) mass is 324 g/mol. The molecule has 1 aliphatic heterocycles. The maximum atomic E-state index is 12.9. The first-order valence-corrected chi connectivity index (χ1v) is 7.68. The highest BCUT2D eigenvalue weighted by molar-refractivity contribution is 6.30. The molecule has 1 aromatic heterocycles. The molecular weight excluding hydrogens is 312 g/mol. The van der Waals surface area contributed by atoms with Crippen LogP contribution < -0.4 is 5.56 Å². The molecule has 0 spiro atoms. The number of nitrogens with zero attached hydrogens (tertiary/aromatic N) is 2. The van der Waals surface area contributed by atoms with Crippen LogP contribution in [-0.4, -0.2) is 15.3 Å². The lowest BCUT2D eigenvalue weighted by molar-refractivity contribution is 0.101. The van der Waals surface area contributed by atoms with Crippen molar-refractivity contribution in [3.8, 4) is 11.4 Å². The van der Waals surface area contributed by atoms with Crippen molar-refractivity contribution < 1.29 is 4.79 Å². The van der Waals surface area contributed by atoms with Crippen molar-refractivity contribution in [3.05, 3.63) is 62.4 Å². The summed E-state index contributed by atoms with van der Waals surface area (Å²) in [4.78, 5) is 29.5. The molecule has 0 unspecified atom stereocenters. The molecule has 5 heteroatoms.